The molecule has 0 bridgehead atoms. The van der Waals surface area contributed by atoms with Crippen LogP contribution in [0.2, 0.25) is 0 Å². The van der Waals surface area contributed by atoms with E-state index in [0.717, 1.165) is 11.5 Å². The zero-order valence-electron chi connectivity index (χ0n) is 9.98. The molecule has 1 aromatic carbocycles. The van der Waals surface area contributed by atoms with E-state index in [1.807, 2.05) is 6.07 Å². The summed E-state index contributed by atoms with van der Waals surface area (Å²) in [7, 11) is 1.72. The van der Waals surface area contributed by atoms with Crippen LogP contribution in [0.1, 0.15) is 36.3 Å². The SMILES string of the molecule is COc1ccc2c3c1O[C@H]1CCC[C@@H](C=C2)[C@@H]31. The maximum atomic E-state index is 6.16. The average molecular weight is 228 g/mol. The van der Waals surface area contributed by atoms with Crippen LogP contribution in [0.3, 0.4) is 0 Å². The molecule has 88 valence electrons. The number of methoxy groups -OCH3 is 1. The molecule has 2 aliphatic carbocycles. The van der Waals surface area contributed by atoms with Gasteiger partial charge >= 0.3 is 0 Å². The lowest BCUT2D eigenvalue weighted by Crippen LogP contribution is -2.30. The minimum Gasteiger partial charge on any atom is -0.493 e. The second-order valence-corrected chi connectivity index (χ2v) is 5.24. The van der Waals surface area contributed by atoms with Gasteiger partial charge in [0, 0.05) is 11.5 Å². The molecule has 0 spiro atoms. The third kappa shape index (κ3) is 1.16. The molecule has 0 N–H and O–H groups in total. The summed E-state index contributed by atoms with van der Waals surface area (Å²) in [6.07, 6.45) is 8.79. The molecule has 2 heteroatoms. The van der Waals surface area contributed by atoms with Gasteiger partial charge in [0.05, 0.1) is 7.11 Å². The molecular formula is C15H16O2. The normalized spacial score (nSPS) is 31.9. The van der Waals surface area contributed by atoms with E-state index < -0.39 is 0 Å². The molecular weight excluding hydrogens is 212 g/mol. The molecule has 1 saturated carbocycles. The van der Waals surface area contributed by atoms with Crippen molar-refractivity contribution in [3.8, 4) is 11.5 Å². The number of allylic oxidation sites excluding steroid dienone is 1. The summed E-state index contributed by atoms with van der Waals surface area (Å²) < 4.78 is 11.6. The lowest BCUT2D eigenvalue weighted by atomic mass is 9.71. The molecule has 0 unspecified atom stereocenters. The monoisotopic (exact) mass is 228 g/mol. The topological polar surface area (TPSA) is 18.5 Å². The number of hydrogen-bond donors (Lipinski definition) is 0. The van der Waals surface area contributed by atoms with Crippen molar-refractivity contribution in [1.82, 2.24) is 0 Å². The molecule has 17 heavy (non-hydrogen) atoms. The molecule has 0 saturated heterocycles. The summed E-state index contributed by atoms with van der Waals surface area (Å²) in [5.74, 6) is 3.16. The van der Waals surface area contributed by atoms with Gasteiger partial charge in [-0.1, -0.05) is 18.2 Å². The van der Waals surface area contributed by atoms with Gasteiger partial charge in [-0.2, -0.15) is 0 Å². The van der Waals surface area contributed by atoms with Crippen molar-refractivity contribution in [2.75, 3.05) is 7.11 Å². The first-order valence-electron chi connectivity index (χ1n) is 6.44. The van der Waals surface area contributed by atoms with E-state index in [1.54, 1.807) is 7.11 Å². The maximum absolute atomic E-state index is 6.16. The maximum Gasteiger partial charge on any atom is 0.165 e. The van der Waals surface area contributed by atoms with Crippen molar-refractivity contribution in [2.45, 2.75) is 31.3 Å². The van der Waals surface area contributed by atoms with Crippen LogP contribution in [0, 0.1) is 5.92 Å². The van der Waals surface area contributed by atoms with Crippen LogP contribution in [-0.4, -0.2) is 13.2 Å². The van der Waals surface area contributed by atoms with Crippen molar-refractivity contribution in [1.29, 1.82) is 0 Å². The Bertz CT molecular complexity index is 504. The summed E-state index contributed by atoms with van der Waals surface area (Å²) in [4.78, 5) is 0. The Morgan fingerprint density at radius 1 is 1.29 bits per heavy atom. The molecule has 0 radical (unpaired) electrons. The Kier molecular flexibility index (Phi) is 1.85. The van der Waals surface area contributed by atoms with Gasteiger partial charge in [-0.05, 0) is 36.8 Å². The highest BCUT2D eigenvalue weighted by Crippen LogP contribution is 2.55. The van der Waals surface area contributed by atoms with E-state index in [-0.39, 0.29) is 0 Å². The van der Waals surface area contributed by atoms with Crippen LogP contribution in [0.5, 0.6) is 11.5 Å². The van der Waals surface area contributed by atoms with E-state index in [4.69, 9.17) is 9.47 Å². The van der Waals surface area contributed by atoms with Gasteiger partial charge in [-0.15, -0.1) is 0 Å². The van der Waals surface area contributed by atoms with Crippen molar-refractivity contribution in [3.05, 3.63) is 29.3 Å². The highest BCUT2D eigenvalue weighted by atomic mass is 16.5. The fourth-order valence-electron chi connectivity index (χ4n) is 3.68. The van der Waals surface area contributed by atoms with Gasteiger partial charge < -0.3 is 9.47 Å². The molecule has 3 aliphatic rings. The van der Waals surface area contributed by atoms with Crippen LogP contribution in [-0.2, 0) is 0 Å². The molecule has 1 heterocycles. The van der Waals surface area contributed by atoms with Crippen LogP contribution < -0.4 is 9.47 Å². The van der Waals surface area contributed by atoms with Gasteiger partial charge in [-0.3, -0.25) is 0 Å². The first-order valence-corrected chi connectivity index (χ1v) is 6.44. The molecule has 4 rings (SSSR count). The zero-order chi connectivity index (χ0) is 11.4. The smallest absolute Gasteiger partial charge is 0.165 e. The quantitative estimate of drug-likeness (QED) is 0.733. The fourth-order valence-corrected chi connectivity index (χ4v) is 3.68. The van der Waals surface area contributed by atoms with Crippen LogP contribution >= 0.6 is 0 Å². The zero-order valence-corrected chi connectivity index (χ0v) is 9.98. The van der Waals surface area contributed by atoms with E-state index in [0.29, 0.717) is 17.9 Å². The summed E-state index contributed by atoms with van der Waals surface area (Å²) in [5.41, 5.74) is 2.73. The number of ether oxygens (including phenoxy) is 2. The first-order chi connectivity index (χ1) is 8.38. The largest absolute Gasteiger partial charge is 0.493 e. The third-order valence-corrected chi connectivity index (χ3v) is 4.43. The van der Waals surface area contributed by atoms with Gasteiger partial charge in [0.2, 0.25) is 0 Å². The van der Waals surface area contributed by atoms with Gasteiger partial charge in [0.15, 0.2) is 11.5 Å². The summed E-state index contributed by atoms with van der Waals surface area (Å²) in [5, 5.41) is 0. The predicted molar refractivity (Wildman–Crippen MR) is 66.5 cm³/mol. The standard InChI is InChI=1S/C15H16O2/c1-16-12-8-7-10-6-5-9-3-2-4-11-13(9)14(10)15(12)17-11/h5-9,11,13H,2-4H2,1H3/t9-,11-,13+/m0/s1. The highest BCUT2D eigenvalue weighted by molar-refractivity contribution is 5.68. The van der Waals surface area contributed by atoms with Crippen molar-refractivity contribution in [3.63, 3.8) is 0 Å². The van der Waals surface area contributed by atoms with Crippen LogP contribution in [0.25, 0.3) is 6.08 Å². The van der Waals surface area contributed by atoms with E-state index in [1.165, 1.54) is 30.4 Å². The number of hydrogen-bond acceptors (Lipinski definition) is 2. The third-order valence-electron chi connectivity index (χ3n) is 4.43. The van der Waals surface area contributed by atoms with E-state index in [2.05, 4.69) is 18.2 Å². The second kappa shape index (κ2) is 3.28. The van der Waals surface area contributed by atoms with Gasteiger partial charge in [-0.25, -0.2) is 0 Å². The molecule has 1 aromatic rings. The van der Waals surface area contributed by atoms with Crippen LogP contribution in [0.4, 0.5) is 0 Å². The minimum atomic E-state index is 0.378. The van der Waals surface area contributed by atoms with Crippen molar-refractivity contribution in [2.24, 2.45) is 5.92 Å². The molecule has 0 amide bonds. The van der Waals surface area contributed by atoms with Crippen LogP contribution in [0.15, 0.2) is 18.2 Å². The lowest BCUT2D eigenvalue weighted by Gasteiger charge is -2.33. The summed E-state index contributed by atoms with van der Waals surface area (Å²) >= 11 is 0. The summed E-state index contributed by atoms with van der Waals surface area (Å²) in [6.45, 7) is 0. The average Bonchev–Trinajstić information content (AvgIpc) is 2.77. The Hall–Kier alpha value is -1.44. The minimum absolute atomic E-state index is 0.378. The van der Waals surface area contributed by atoms with Crippen molar-refractivity contribution >= 4 is 6.08 Å². The van der Waals surface area contributed by atoms with Crippen molar-refractivity contribution < 1.29 is 9.47 Å². The Balaban J connectivity index is 1.95. The fraction of sp³-hybridized carbons (Fsp3) is 0.467. The Labute approximate surface area is 101 Å². The predicted octanol–water partition coefficient (Wildman–Crippen LogP) is 3.37. The number of benzene rings is 1. The Morgan fingerprint density at radius 2 is 2.24 bits per heavy atom. The molecule has 2 nitrogen and oxygen atoms in total. The Morgan fingerprint density at radius 3 is 3.12 bits per heavy atom. The van der Waals surface area contributed by atoms with Gasteiger partial charge in [0.25, 0.3) is 0 Å². The van der Waals surface area contributed by atoms with E-state index in [9.17, 15) is 0 Å². The molecule has 1 aliphatic heterocycles. The first kappa shape index (κ1) is 9.58. The lowest BCUT2D eigenvalue weighted by molar-refractivity contribution is 0.139. The summed E-state index contributed by atoms with van der Waals surface area (Å²) in [6, 6.07) is 4.18. The molecule has 0 aromatic heterocycles. The van der Waals surface area contributed by atoms with E-state index >= 15 is 0 Å². The second-order valence-electron chi connectivity index (χ2n) is 5.24. The number of rotatable bonds is 1. The van der Waals surface area contributed by atoms with Gasteiger partial charge in [0.1, 0.15) is 6.10 Å². The molecule has 3 atom stereocenters. The molecule has 1 fully saturated rings. The highest BCUT2D eigenvalue weighted by Gasteiger charge is 2.44.